The molecule has 1 atom stereocenters. The van der Waals surface area contributed by atoms with Crippen molar-refractivity contribution in [3.8, 4) is 11.5 Å². The molecular weight excluding hydrogens is 302 g/mol. The van der Waals surface area contributed by atoms with Crippen LogP contribution in [0.25, 0.3) is 0 Å². The summed E-state index contributed by atoms with van der Waals surface area (Å²) in [5.74, 6) is 1.55. The molecule has 1 N–H and O–H groups in total. The van der Waals surface area contributed by atoms with E-state index in [2.05, 4.69) is 5.32 Å². The minimum atomic E-state index is -0.461. The first kappa shape index (κ1) is 15.1. The van der Waals surface area contributed by atoms with E-state index in [1.807, 2.05) is 48.5 Å². The second kappa shape index (κ2) is 6.56. The topological polar surface area (TPSA) is 47.6 Å². The van der Waals surface area contributed by atoms with Crippen LogP contribution in [0.1, 0.15) is 31.2 Å². The standard InChI is InChI=1S/C20H21NO3/c22-20(19-13-14-5-1-4-8-18(14)24-19)21-15-9-11-17(12-10-15)23-16-6-2-3-7-16/h1,4-5,8-12,16,19H,2-3,6-7,13H2,(H,21,22)/t19-/m1/s1. The van der Waals surface area contributed by atoms with Crippen LogP contribution in [-0.4, -0.2) is 18.1 Å². The first-order valence-corrected chi connectivity index (χ1v) is 8.60. The molecule has 1 aliphatic carbocycles. The molecule has 0 bridgehead atoms. The van der Waals surface area contributed by atoms with Crippen LogP contribution in [0.4, 0.5) is 5.69 Å². The molecule has 1 fully saturated rings. The number of amides is 1. The highest BCUT2D eigenvalue weighted by molar-refractivity contribution is 5.95. The maximum absolute atomic E-state index is 12.4. The maximum Gasteiger partial charge on any atom is 0.265 e. The minimum Gasteiger partial charge on any atom is -0.490 e. The number of carbonyl (C=O) groups excluding carboxylic acids is 1. The molecule has 0 aromatic heterocycles. The third-order valence-corrected chi connectivity index (χ3v) is 4.67. The van der Waals surface area contributed by atoms with Crippen LogP contribution >= 0.6 is 0 Å². The third-order valence-electron chi connectivity index (χ3n) is 4.67. The Hall–Kier alpha value is -2.49. The fourth-order valence-corrected chi connectivity index (χ4v) is 3.37. The average molecular weight is 323 g/mol. The zero-order valence-corrected chi connectivity index (χ0v) is 13.5. The number of carbonyl (C=O) groups is 1. The van der Waals surface area contributed by atoms with Gasteiger partial charge in [0.25, 0.3) is 5.91 Å². The molecule has 1 amide bonds. The largest absolute Gasteiger partial charge is 0.490 e. The van der Waals surface area contributed by atoms with E-state index in [-0.39, 0.29) is 5.91 Å². The van der Waals surface area contributed by atoms with Crippen molar-refractivity contribution in [1.82, 2.24) is 0 Å². The second-order valence-electron chi connectivity index (χ2n) is 6.46. The summed E-state index contributed by atoms with van der Waals surface area (Å²) in [6.07, 6.45) is 5.28. The Labute approximate surface area is 141 Å². The fourth-order valence-electron chi connectivity index (χ4n) is 3.37. The summed E-state index contributed by atoms with van der Waals surface area (Å²) in [5.41, 5.74) is 1.84. The Morgan fingerprint density at radius 3 is 2.54 bits per heavy atom. The van der Waals surface area contributed by atoms with Gasteiger partial charge in [-0.15, -0.1) is 0 Å². The number of para-hydroxylation sites is 1. The number of nitrogens with one attached hydrogen (secondary N) is 1. The first-order valence-electron chi connectivity index (χ1n) is 8.60. The van der Waals surface area contributed by atoms with Gasteiger partial charge in [-0.1, -0.05) is 18.2 Å². The van der Waals surface area contributed by atoms with Gasteiger partial charge in [0.1, 0.15) is 11.5 Å². The van der Waals surface area contributed by atoms with Crippen molar-refractivity contribution in [2.45, 2.75) is 44.3 Å². The molecule has 4 nitrogen and oxygen atoms in total. The lowest BCUT2D eigenvalue weighted by molar-refractivity contribution is -0.122. The van der Waals surface area contributed by atoms with E-state index < -0.39 is 6.10 Å². The third kappa shape index (κ3) is 3.23. The van der Waals surface area contributed by atoms with Gasteiger partial charge in [-0.2, -0.15) is 0 Å². The zero-order valence-electron chi connectivity index (χ0n) is 13.5. The molecule has 1 heterocycles. The Morgan fingerprint density at radius 2 is 1.79 bits per heavy atom. The highest BCUT2D eigenvalue weighted by Crippen LogP contribution is 2.29. The van der Waals surface area contributed by atoms with Crippen LogP contribution in [-0.2, 0) is 11.2 Å². The fraction of sp³-hybridized carbons (Fsp3) is 0.350. The molecule has 2 aromatic rings. The summed E-state index contributed by atoms with van der Waals surface area (Å²) in [4.78, 5) is 12.4. The highest BCUT2D eigenvalue weighted by atomic mass is 16.5. The van der Waals surface area contributed by atoms with Crippen molar-refractivity contribution < 1.29 is 14.3 Å². The van der Waals surface area contributed by atoms with Crippen LogP contribution in [0.3, 0.4) is 0 Å². The lowest BCUT2D eigenvalue weighted by atomic mass is 10.1. The molecule has 24 heavy (non-hydrogen) atoms. The number of hydrogen-bond acceptors (Lipinski definition) is 3. The van der Waals surface area contributed by atoms with Crippen molar-refractivity contribution in [3.05, 3.63) is 54.1 Å². The van der Waals surface area contributed by atoms with Crippen molar-refractivity contribution in [2.75, 3.05) is 5.32 Å². The quantitative estimate of drug-likeness (QED) is 0.927. The zero-order chi connectivity index (χ0) is 16.4. The van der Waals surface area contributed by atoms with Gasteiger partial charge in [0.2, 0.25) is 0 Å². The monoisotopic (exact) mass is 323 g/mol. The predicted molar refractivity (Wildman–Crippen MR) is 92.5 cm³/mol. The van der Waals surface area contributed by atoms with Gasteiger partial charge in [-0.3, -0.25) is 4.79 Å². The van der Waals surface area contributed by atoms with E-state index in [9.17, 15) is 4.79 Å². The van der Waals surface area contributed by atoms with Crippen molar-refractivity contribution in [1.29, 1.82) is 0 Å². The molecule has 2 aliphatic rings. The van der Waals surface area contributed by atoms with Crippen LogP contribution in [0, 0.1) is 0 Å². The van der Waals surface area contributed by atoms with Crippen molar-refractivity contribution >= 4 is 11.6 Å². The van der Waals surface area contributed by atoms with E-state index in [4.69, 9.17) is 9.47 Å². The number of ether oxygens (including phenoxy) is 2. The highest BCUT2D eigenvalue weighted by Gasteiger charge is 2.28. The Morgan fingerprint density at radius 1 is 1.04 bits per heavy atom. The molecule has 124 valence electrons. The molecule has 0 spiro atoms. The number of rotatable bonds is 4. The molecule has 1 aliphatic heterocycles. The minimum absolute atomic E-state index is 0.115. The van der Waals surface area contributed by atoms with Crippen LogP contribution in [0.2, 0.25) is 0 Å². The smallest absolute Gasteiger partial charge is 0.265 e. The van der Waals surface area contributed by atoms with E-state index in [1.54, 1.807) is 0 Å². The van der Waals surface area contributed by atoms with Gasteiger partial charge >= 0.3 is 0 Å². The summed E-state index contributed by atoms with van der Waals surface area (Å²) in [5, 5.41) is 2.92. The molecule has 4 heteroatoms. The summed E-state index contributed by atoms with van der Waals surface area (Å²) in [6, 6.07) is 15.4. The average Bonchev–Trinajstić information content (AvgIpc) is 3.25. The van der Waals surface area contributed by atoms with E-state index in [1.165, 1.54) is 12.8 Å². The molecule has 4 rings (SSSR count). The summed E-state index contributed by atoms with van der Waals surface area (Å²) in [6.45, 7) is 0. The van der Waals surface area contributed by atoms with Gasteiger partial charge in [0.05, 0.1) is 6.10 Å². The normalized spacial score (nSPS) is 19.6. The second-order valence-corrected chi connectivity index (χ2v) is 6.46. The van der Waals surface area contributed by atoms with Crippen LogP contribution < -0.4 is 14.8 Å². The molecule has 2 aromatic carbocycles. The summed E-state index contributed by atoms with van der Waals surface area (Å²) < 4.78 is 11.7. The lowest BCUT2D eigenvalue weighted by Gasteiger charge is -2.14. The molecule has 1 saturated carbocycles. The maximum atomic E-state index is 12.4. The first-order chi connectivity index (χ1) is 11.8. The molecule has 0 saturated heterocycles. The van der Waals surface area contributed by atoms with Gasteiger partial charge in [0.15, 0.2) is 6.10 Å². The van der Waals surface area contributed by atoms with Crippen LogP contribution in [0.5, 0.6) is 11.5 Å². The van der Waals surface area contributed by atoms with Gasteiger partial charge in [-0.05, 0) is 61.6 Å². The van der Waals surface area contributed by atoms with Gasteiger partial charge < -0.3 is 14.8 Å². The Bertz CT molecular complexity index is 695. The van der Waals surface area contributed by atoms with Crippen LogP contribution in [0.15, 0.2) is 48.5 Å². The summed E-state index contributed by atoms with van der Waals surface area (Å²) in [7, 11) is 0. The van der Waals surface area contributed by atoms with Gasteiger partial charge in [-0.25, -0.2) is 0 Å². The molecule has 0 radical (unpaired) electrons. The Kier molecular flexibility index (Phi) is 4.11. The number of fused-ring (bicyclic) bond motifs is 1. The SMILES string of the molecule is O=C(Nc1ccc(OC2CCCC2)cc1)[C@H]1Cc2ccccc2O1. The summed E-state index contributed by atoms with van der Waals surface area (Å²) >= 11 is 0. The van der Waals surface area contributed by atoms with Gasteiger partial charge in [0, 0.05) is 12.1 Å². The number of anilines is 1. The predicted octanol–water partition coefficient (Wildman–Crippen LogP) is 3.95. The number of benzene rings is 2. The van der Waals surface area contributed by atoms with Crippen molar-refractivity contribution in [2.24, 2.45) is 0 Å². The number of hydrogen-bond donors (Lipinski definition) is 1. The van der Waals surface area contributed by atoms with Crippen molar-refractivity contribution in [3.63, 3.8) is 0 Å². The van der Waals surface area contributed by atoms with E-state index >= 15 is 0 Å². The molecular formula is C20H21NO3. The Balaban J connectivity index is 1.34. The lowest BCUT2D eigenvalue weighted by Crippen LogP contribution is -2.31. The van der Waals surface area contributed by atoms with E-state index in [0.29, 0.717) is 12.5 Å². The van der Waals surface area contributed by atoms with E-state index in [0.717, 1.165) is 35.6 Å². The molecule has 0 unspecified atom stereocenters.